The third kappa shape index (κ3) is 2.36. The summed E-state index contributed by atoms with van der Waals surface area (Å²) < 4.78 is 11.5. The number of hydrogen-bond acceptors (Lipinski definition) is 6. The van der Waals surface area contributed by atoms with E-state index in [4.69, 9.17) is 9.47 Å². The molecular formula is C25H38O6. The van der Waals surface area contributed by atoms with Crippen LogP contribution in [0.5, 0.6) is 0 Å². The van der Waals surface area contributed by atoms with Gasteiger partial charge in [-0.25, -0.2) is 0 Å². The van der Waals surface area contributed by atoms with E-state index in [0.29, 0.717) is 25.2 Å². The van der Waals surface area contributed by atoms with Crippen LogP contribution in [0.4, 0.5) is 0 Å². The maximum atomic E-state index is 12.4. The fourth-order valence-electron chi connectivity index (χ4n) is 9.79. The molecule has 0 radical (unpaired) electrons. The van der Waals surface area contributed by atoms with Crippen molar-refractivity contribution in [3.63, 3.8) is 0 Å². The van der Waals surface area contributed by atoms with Crippen LogP contribution < -0.4 is 0 Å². The smallest absolute Gasteiger partial charge is 0.302 e. The number of rotatable bonds is 3. The van der Waals surface area contributed by atoms with Gasteiger partial charge in [0, 0.05) is 37.0 Å². The summed E-state index contributed by atoms with van der Waals surface area (Å²) in [6.45, 7) is 9.13. The van der Waals surface area contributed by atoms with E-state index in [1.807, 2.05) is 6.92 Å². The fourth-order valence-corrected chi connectivity index (χ4v) is 9.79. The maximum absolute atomic E-state index is 12.4. The number of aliphatic hydroxyl groups is 2. The van der Waals surface area contributed by atoms with E-state index in [9.17, 15) is 19.8 Å². The van der Waals surface area contributed by atoms with Gasteiger partial charge in [0.1, 0.15) is 17.8 Å². The van der Waals surface area contributed by atoms with Gasteiger partial charge in [-0.1, -0.05) is 13.8 Å². The van der Waals surface area contributed by atoms with Gasteiger partial charge in [-0.2, -0.15) is 0 Å². The van der Waals surface area contributed by atoms with Crippen LogP contribution in [0.1, 0.15) is 86.0 Å². The van der Waals surface area contributed by atoms with Gasteiger partial charge in [0.2, 0.25) is 0 Å². The minimum atomic E-state index is -1.32. The van der Waals surface area contributed by atoms with E-state index < -0.39 is 16.6 Å². The number of esters is 2. The Balaban J connectivity index is 1.56. The Morgan fingerprint density at radius 1 is 0.935 bits per heavy atom. The van der Waals surface area contributed by atoms with Gasteiger partial charge < -0.3 is 19.7 Å². The molecule has 6 nitrogen and oxygen atoms in total. The summed E-state index contributed by atoms with van der Waals surface area (Å²) in [5.41, 5.74) is -3.35. The van der Waals surface area contributed by atoms with Crippen LogP contribution in [0.15, 0.2) is 0 Å². The Bertz CT molecular complexity index is 827. The zero-order chi connectivity index (χ0) is 22.6. The molecule has 0 aromatic heterocycles. The lowest BCUT2D eigenvalue weighted by atomic mass is 9.42. The first-order valence-electron chi connectivity index (χ1n) is 12.1. The van der Waals surface area contributed by atoms with E-state index in [-0.39, 0.29) is 46.8 Å². The topological polar surface area (TPSA) is 93.1 Å². The van der Waals surface area contributed by atoms with Crippen LogP contribution in [0.25, 0.3) is 0 Å². The third-order valence-corrected chi connectivity index (χ3v) is 11.1. The highest BCUT2D eigenvalue weighted by molar-refractivity contribution is 5.66. The second-order valence-corrected chi connectivity index (χ2v) is 12.0. The molecule has 0 aromatic carbocycles. The number of ether oxygens (including phenoxy) is 2. The van der Waals surface area contributed by atoms with Crippen LogP contribution in [0.3, 0.4) is 0 Å². The van der Waals surface area contributed by atoms with Crippen LogP contribution in [0, 0.1) is 34.0 Å². The highest BCUT2D eigenvalue weighted by Crippen LogP contribution is 2.83. The summed E-state index contributed by atoms with van der Waals surface area (Å²) in [6, 6.07) is 0. The molecule has 5 saturated carbocycles. The predicted molar refractivity (Wildman–Crippen MR) is 113 cm³/mol. The molecule has 5 fully saturated rings. The number of hydrogen-bond donors (Lipinski definition) is 2. The molecule has 5 rings (SSSR count). The molecule has 2 N–H and O–H groups in total. The van der Waals surface area contributed by atoms with Crippen LogP contribution in [-0.2, 0) is 19.1 Å². The van der Waals surface area contributed by atoms with Gasteiger partial charge in [-0.3, -0.25) is 9.59 Å². The zero-order valence-corrected chi connectivity index (χ0v) is 19.6. The highest BCUT2D eigenvalue weighted by atomic mass is 16.5. The van der Waals surface area contributed by atoms with Gasteiger partial charge in [-0.15, -0.1) is 0 Å². The van der Waals surface area contributed by atoms with E-state index in [1.165, 1.54) is 13.8 Å². The summed E-state index contributed by atoms with van der Waals surface area (Å²) in [5, 5.41) is 24.8. The Hall–Kier alpha value is -1.14. The van der Waals surface area contributed by atoms with E-state index in [1.54, 1.807) is 0 Å². The molecular weight excluding hydrogens is 396 g/mol. The normalized spacial score (nSPS) is 55.3. The maximum Gasteiger partial charge on any atom is 0.302 e. The van der Waals surface area contributed by atoms with Crippen LogP contribution in [0.2, 0.25) is 0 Å². The van der Waals surface area contributed by atoms with Crippen LogP contribution in [-0.4, -0.2) is 45.6 Å². The first-order valence-corrected chi connectivity index (χ1v) is 12.1. The van der Waals surface area contributed by atoms with E-state index in [2.05, 4.69) is 13.8 Å². The average molecular weight is 435 g/mol. The lowest BCUT2D eigenvalue weighted by Crippen LogP contribution is -2.75. The van der Waals surface area contributed by atoms with Crippen molar-refractivity contribution in [1.29, 1.82) is 0 Å². The quantitative estimate of drug-likeness (QED) is 0.662. The van der Waals surface area contributed by atoms with Gasteiger partial charge in [0.05, 0.1) is 5.60 Å². The molecule has 0 bridgehead atoms. The predicted octanol–water partition coefficient (Wildman–Crippen LogP) is 3.37. The fraction of sp³-hybridized carbons (Fsp3) is 0.920. The second kappa shape index (κ2) is 6.25. The largest absolute Gasteiger partial charge is 0.463 e. The van der Waals surface area contributed by atoms with E-state index in [0.717, 1.165) is 32.1 Å². The molecule has 174 valence electrons. The minimum absolute atomic E-state index is 0.0137. The van der Waals surface area contributed by atoms with Gasteiger partial charge in [-0.05, 0) is 69.1 Å². The summed E-state index contributed by atoms with van der Waals surface area (Å²) in [5.74, 6) is -0.0827. The van der Waals surface area contributed by atoms with Crippen LogP contribution >= 0.6 is 0 Å². The first-order chi connectivity index (χ1) is 14.4. The molecule has 0 amide bonds. The molecule has 0 unspecified atom stereocenters. The highest BCUT2D eigenvalue weighted by Gasteiger charge is 2.84. The molecule has 0 heterocycles. The number of carbonyl (C=O) groups is 2. The molecule has 5 aliphatic rings. The van der Waals surface area contributed by atoms with Crippen molar-refractivity contribution in [1.82, 2.24) is 0 Å². The Kier molecular flexibility index (Phi) is 4.37. The summed E-state index contributed by atoms with van der Waals surface area (Å²) in [7, 11) is 0. The third-order valence-electron chi connectivity index (χ3n) is 11.1. The zero-order valence-electron chi connectivity index (χ0n) is 19.6. The molecule has 0 aliphatic heterocycles. The first kappa shape index (κ1) is 21.7. The lowest BCUT2D eigenvalue weighted by Gasteiger charge is -2.67. The lowest BCUT2D eigenvalue weighted by molar-refractivity contribution is -0.312. The van der Waals surface area contributed by atoms with Gasteiger partial charge in [0.15, 0.2) is 0 Å². The van der Waals surface area contributed by atoms with Crippen molar-refractivity contribution < 1.29 is 29.3 Å². The summed E-state index contributed by atoms with van der Waals surface area (Å²) >= 11 is 0. The Morgan fingerprint density at radius 3 is 2.23 bits per heavy atom. The Morgan fingerprint density at radius 2 is 1.61 bits per heavy atom. The summed E-state index contributed by atoms with van der Waals surface area (Å²) in [6.07, 6.45) is 5.68. The van der Waals surface area contributed by atoms with Gasteiger partial charge >= 0.3 is 11.9 Å². The SMILES string of the molecule is CC(=O)O[C@@H](C)[C@H]1CC[C@@]2(O)[C@]1(C)CC[C@@H]1[C@@]3(C)CC[C@@H]4C[C@@]43[C@H](OC(C)=O)C[C@]12O. The van der Waals surface area contributed by atoms with E-state index >= 15 is 0 Å². The second-order valence-electron chi connectivity index (χ2n) is 12.0. The molecule has 0 aromatic rings. The summed E-state index contributed by atoms with van der Waals surface area (Å²) in [4.78, 5) is 23.6. The number of fused-ring (bicyclic) bond motifs is 4. The minimum Gasteiger partial charge on any atom is -0.463 e. The van der Waals surface area contributed by atoms with Crippen molar-refractivity contribution in [2.24, 2.45) is 34.0 Å². The van der Waals surface area contributed by atoms with Crippen molar-refractivity contribution >= 4 is 11.9 Å². The molecule has 10 atom stereocenters. The molecule has 1 spiro atoms. The molecule has 6 heteroatoms. The monoisotopic (exact) mass is 434 g/mol. The Labute approximate surface area is 185 Å². The van der Waals surface area contributed by atoms with Crippen molar-refractivity contribution in [2.45, 2.75) is 109 Å². The number of carbonyl (C=O) groups excluding carboxylic acids is 2. The molecule has 5 aliphatic carbocycles. The molecule has 0 saturated heterocycles. The van der Waals surface area contributed by atoms with Gasteiger partial charge in [0.25, 0.3) is 0 Å². The van der Waals surface area contributed by atoms with Crippen molar-refractivity contribution in [3.05, 3.63) is 0 Å². The van der Waals surface area contributed by atoms with Crippen molar-refractivity contribution in [2.75, 3.05) is 0 Å². The molecule has 31 heavy (non-hydrogen) atoms. The average Bonchev–Trinajstić information content (AvgIpc) is 3.22. The standard InChI is InChI=1S/C25H38O6/c1-14(30-15(2)26)18-7-11-25(29)21(18,4)10-8-19-22(5)9-6-17-12-23(17,22)20(31-16(3)27)13-24(19,25)28/h14,17-20,28-29H,6-13H2,1-5H3/t14-,17+,18+,19+,20+,21+,22+,23-,24-,25+/m0/s1. The van der Waals surface area contributed by atoms with Crippen molar-refractivity contribution in [3.8, 4) is 0 Å².